The third-order valence-corrected chi connectivity index (χ3v) is 3.21. The molecule has 0 atom stereocenters. The summed E-state index contributed by atoms with van der Waals surface area (Å²) >= 11 is 0. The van der Waals surface area contributed by atoms with Gasteiger partial charge in [0.15, 0.2) is 0 Å². The van der Waals surface area contributed by atoms with Crippen molar-refractivity contribution in [2.24, 2.45) is 5.41 Å². The molecule has 0 bridgehead atoms. The Balaban J connectivity index is 2.52. The van der Waals surface area contributed by atoms with E-state index in [-0.39, 0.29) is 24.2 Å². The van der Waals surface area contributed by atoms with Crippen LogP contribution in [0.25, 0.3) is 0 Å². The summed E-state index contributed by atoms with van der Waals surface area (Å²) in [4.78, 5) is 35.3. The van der Waals surface area contributed by atoms with E-state index in [2.05, 4.69) is 10.6 Å². The largest absolute Gasteiger partial charge is 0.466 e. The van der Waals surface area contributed by atoms with Crippen LogP contribution in [0, 0.1) is 5.41 Å². The number of hydrogen-bond donors (Lipinski definition) is 2. The molecular weight excluding hydrogens is 308 g/mol. The zero-order chi connectivity index (χ0) is 18.2. The summed E-state index contributed by atoms with van der Waals surface area (Å²) in [7, 11) is 0. The lowest BCUT2D eigenvalue weighted by Gasteiger charge is -2.18. The first-order chi connectivity index (χ1) is 11.2. The highest BCUT2D eigenvalue weighted by atomic mass is 16.5. The van der Waals surface area contributed by atoms with Gasteiger partial charge < -0.3 is 15.4 Å². The van der Waals surface area contributed by atoms with Gasteiger partial charge in [0, 0.05) is 29.6 Å². The summed E-state index contributed by atoms with van der Waals surface area (Å²) in [6, 6.07) is 6.75. The van der Waals surface area contributed by atoms with Gasteiger partial charge >= 0.3 is 5.97 Å². The van der Waals surface area contributed by atoms with Crippen LogP contribution >= 0.6 is 0 Å². The molecule has 1 rings (SSSR count). The molecule has 0 aliphatic heterocycles. The first kappa shape index (κ1) is 19.7. The average molecular weight is 334 g/mol. The Labute approximate surface area is 143 Å². The SMILES string of the molecule is CCOC(=O)CCCNC(=O)c1cccc(NC(=O)C(C)(C)C)c1. The van der Waals surface area contributed by atoms with Gasteiger partial charge in [-0.2, -0.15) is 0 Å². The van der Waals surface area contributed by atoms with Crippen LogP contribution in [0.15, 0.2) is 24.3 Å². The molecule has 132 valence electrons. The van der Waals surface area contributed by atoms with E-state index in [9.17, 15) is 14.4 Å². The van der Waals surface area contributed by atoms with Gasteiger partial charge in [0.1, 0.15) is 0 Å². The lowest BCUT2D eigenvalue weighted by molar-refractivity contribution is -0.143. The molecule has 24 heavy (non-hydrogen) atoms. The number of amides is 2. The fourth-order valence-electron chi connectivity index (χ4n) is 1.83. The Morgan fingerprint density at radius 2 is 1.88 bits per heavy atom. The number of ether oxygens (including phenoxy) is 1. The molecule has 0 radical (unpaired) electrons. The molecule has 6 heteroatoms. The zero-order valence-electron chi connectivity index (χ0n) is 14.8. The maximum absolute atomic E-state index is 12.1. The van der Waals surface area contributed by atoms with Crippen LogP contribution in [-0.2, 0) is 14.3 Å². The molecule has 0 spiro atoms. The highest BCUT2D eigenvalue weighted by Gasteiger charge is 2.21. The van der Waals surface area contributed by atoms with Gasteiger partial charge in [-0.25, -0.2) is 0 Å². The number of nitrogens with one attached hydrogen (secondary N) is 2. The topological polar surface area (TPSA) is 84.5 Å². The van der Waals surface area contributed by atoms with E-state index in [0.717, 1.165) is 0 Å². The van der Waals surface area contributed by atoms with Crippen molar-refractivity contribution in [2.45, 2.75) is 40.5 Å². The van der Waals surface area contributed by atoms with E-state index in [1.165, 1.54) is 0 Å². The number of hydrogen-bond acceptors (Lipinski definition) is 4. The molecule has 0 aliphatic carbocycles. The number of rotatable bonds is 7. The first-order valence-electron chi connectivity index (χ1n) is 8.09. The van der Waals surface area contributed by atoms with Crippen LogP contribution < -0.4 is 10.6 Å². The lowest BCUT2D eigenvalue weighted by atomic mass is 9.95. The average Bonchev–Trinajstić information content (AvgIpc) is 2.51. The Morgan fingerprint density at radius 3 is 2.50 bits per heavy atom. The van der Waals surface area contributed by atoms with Crippen LogP contribution in [0.1, 0.15) is 50.9 Å². The smallest absolute Gasteiger partial charge is 0.305 e. The predicted octanol–water partition coefficient (Wildman–Crippen LogP) is 2.74. The van der Waals surface area contributed by atoms with Crippen LogP contribution in [-0.4, -0.2) is 30.9 Å². The highest BCUT2D eigenvalue weighted by Crippen LogP contribution is 2.18. The molecule has 2 N–H and O–H groups in total. The highest BCUT2D eigenvalue weighted by molar-refractivity contribution is 5.98. The Morgan fingerprint density at radius 1 is 1.17 bits per heavy atom. The summed E-state index contributed by atoms with van der Waals surface area (Å²) in [5.41, 5.74) is 0.526. The van der Waals surface area contributed by atoms with Crippen molar-refractivity contribution in [1.82, 2.24) is 5.32 Å². The summed E-state index contributed by atoms with van der Waals surface area (Å²) in [5.74, 6) is -0.626. The van der Waals surface area contributed by atoms with Crippen LogP contribution in [0.4, 0.5) is 5.69 Å². The molecule has 0 aromatic heterocycles. The fourth-order valence-corrected chi connectivity index (χ4v) is 1.83. The third-order valence-electron chi connectivity index (χ3n) is 3.21. The summed E-state index contributed by atoms with van der Waals surface area (Å²) in [5, 5.41) is 5.54. The van der Waals surface area contributed by atoms with E-state index in [4.69, 9.17) is 4.74 Å². The number of esters is 1. The number of carbonyl (C=O) groups excluding carboxylic acids is 3. The number of anilines is 1. The van der Waals surface area contributed by atoms with Gasteiger partial charge in [0.05, 0.1) is 6.61 Å². The molecule has 0 heterocycles. The van der Waals surface area contributed by atoms with Gasteiger partial charge in [-0.1, -0.05) is 26.8 Å². The fraction of sp³-hybridized carbons (Fsp3) is 0.500. The standard InChI is InChI=1S/C18H26N2O4/c1-5-24-15(21)10-7-11-19-16(22)13-8-6-9-14(12-13)20-17(23)18(2,3)4/h6,8-9,12H,5,7,10-11H2,1-4H3,(H,19,22)(H,20,23). The van der Waals surface area contributed by atoms with Gasteiger partial charge in [0.2, 0.25) is 5.91 Å². The Bertz CT molecular complexity index is 591. The van der Waals surface area contributed by atoms with Gasteiger partial charge in [-0.05, 0) is 31.5 Å². The van der Waals surface area contributed by atoms with Crippen molar-refractivity contribution in [1.29, 1.82) is 0 Å². The number of benzene rings is 1. The van der Waals surface area contributed by atoms with Crippen LogP contribution in [0.5, 0.6) is 0 Å². The normalized spacial score (nSPS) is 10.8. The van der Waals surface area contributed by atoms with Gasteiger partial charge in [0.25, 0.3) is 5.91 Å². The van der Waals surface area contributed by atoms with Crippen molar-refractivity contribution in [3.8, 4) is 0 Å². The molecule has 0 fully saturated rings. The second-order valence-corrected chi connectivity index (χ2v) is 6.45. The summed E-state index contributed by atoms with van der Waals surface area (Å²) in [6.07, 6.45) is 0.792. The molecule has 2 amide bonds. The van der Waals surface area contributed by atoms with Crippen LogP contribution in [0.2, 0.25) is 0 Å². The Kier molecular flexibility index (Phi) is 7.42. The minimum Gasteiger partial charge on any atom is -0.466 e. The molecule has 1 aromatic rings. The van der Waals surface area contributed by atoms with Gasteiger partial charge in [-0.3, -0.25) is 14.4 Å². The van der Waals surface area contributed by atoms with Crippen molar-refractivity contribution in [3.63, 3.8) is 0 Å². The molecule has 0 saturated carbocycles. The van der Waals surface area contributed by atoms with Crippen molar-refractivity contribution in [2.75, 3.05) is 18.5 Å². The van der Waals surface area contributed by atoms with E-state index >= 15 is 0 Å². The lowest BCUT2D eigenvalue weighted by Crippen LogP contribution is -2.28. The van der Waals surface area contributed by atoms with E-state index < -0.39 is 5.41 Å². The predicted molar refractivity (Wildman–Crippen MR) is 92.7 cm³/mol. The molecule has 0 aliphatic rings. The molecule has 0 saturated heterocycles. The first-order valence-corrected chi connectivity index (χ1v) is 8.09. The molecular formula is C18H26N2O4. The van der Waals surface area contributed by atoms with Crippen molar-refractivity contribution < 1.29 is 19.1 Å². The summed E-state index contributed by atoms with van der Waals surface area (Å²) in [6.45, 7) is 7.97. The maximum Gasteiger partial charge on any atom is 0.305 e. The summed E-state index contributed by atoms with van der Waals surface area (Å²) < 4.78 is 4.82. The van der Waals surface area contributed by atoms with Gasteiger partial charge in [-0.15, -0.1) is 0 Å². The van der Waals surface area contributed by atoms with E-state index in [1.54, 1.807) is 31.2 Å². The second kappa shape index (κ2) is 9.05. The third kappa shape index (κ3) is 6.81. The van der Waals surface area contributed by atoms with E-state index in [1.807, 2.05) is 20.8 Å². The zero-order valence-corrected chi connectivity index (χ0v) is 14.8. The quantitative estimate of drug-likeness (QED) is 0.593. The molecule has 0 unspecified atom stereocenters. The maximum atomic E-state index is 12.1. The molecule has 1 aromatic carbocycles. The second-order valence-electron chi connectivity index (χ2n) is 6.45. The minimum atomic E-state index is -0.509. The monoisotopic (exact) mass is 334 g/mol. The van der Waals surface area contributed by atoms with Crippen molar-refractivity contribution >= 4 is 23.5 Å². The minimum absolute atomic E-state index is 0.116. The van der Waals surface area contributed by atoms with E-state index in [0.29, 0.717) is 30.8 Å². The van der Waals surface area contributed by atoms with Crippen molar-refractivity contribution in [3.05, 3.63) is 29.8 Å². The Hall–Kier alpha value is -2.37. The molecule has 6 nitrogen and oxygen atoms in total. The number of carbonyl (C=O) groups is 3. The van der Waals surface area contributed by atoms with Crippen LogP contribution in [0.3, 0.4) is 0 Å².